The number of aliphatic hydroxyl groups is 1. The summed E-state index contributed by atoms with van der Waals surface area (Å²) in [5.41, 5.74) is 1.32. The van der Waals surface area contributed by atoms with Gasteiger partial charge in [-0.25, -0.2) is 15.0 Å². The summed E-state index contributed by atoms with van der Waals surface area (Å²) in [4.78, 5) is 26.4. The molecule has 8 nitrogen and oxygen atoms in total. The predicted octanol–water partition coefficient (Wildman–Crippen LogP) is 3.17. The van der Waals surface area contributed by atoms with Crippen LogP contribution >= 0.6 is 22.9 Å². The number of aromatic nitrogens is 3. The number of halogens is 1. The summed E-state index contributed by atoms with van der Waals surface area (Å²) in [5.74, 6) is 1.71. The Morgan fingerprint density at radius 2 is 1.97 bits per heavy atom. The molecule has 0 fully saturated rings. The van der Waals surface area contributed by atoms with E-state index in [4.69, 9.17) is 16.7 Å². The van der Waals surface area contributed by atoms with Gasteiger partial charge in [-0.15, -0.1) is 0 Å². The van der Waals surface area contributed by atoms with Gasteiger partial charge in [-0.1, -0.05) is 35.1 Å². The molecule has 0 saturated carbocycles. The molecule has 1 aromatic carbocycles. The smallest absolute Gasteiger partial charge is 0.206 e. The van der Waals surface area contributed by atoms with Crippen molar-refractivity contribution >= 4 is 45.5 Å². The van der Waals surface area contributed by atoms with Crippen molar-refractivity contribution in [1.82, 2.24) is 20.3 Å². The van der Waals surface area contributed by atoms with Crippen molar-refractivity contribution in [3.63, 3.8) is 0 Å². The second-order valence-electron chi connectivity index (χ2n) is 6.50. The molecule has 0 spiro atoms. The molecule has 0 radical (unpaired) electrons. The number of ketones is 1. The monoisotopic (exact) mass is 446 g/mol. The van der Waals surface area contributed by atoms with E-state index in [-0.39, 0.29) is 12.4 Å². The van der Waals surface area contributed by atoms with Crippen molar-refractivity contribution in [2.24, 2.45) is 0 Å². The number of rotatable bonds is 10. The van der Waals surface area contributed by atoms with Crippen LogP contribution in [0.5, 0.6) is 0 Å². The maximum atomic E-state index is 12.9. The molecule has 0 bridgehead atoms. The summed E-state index contributed by atoms with van der Waals surface area (Å²) < 4.78 is 0. The Morgan fingerprint density at radius 1 is 1.17 bits per heavy atom. The number of nitrogens with zero attached hydrogens (tertiary/aromatic N) is 3. The minimum absolute atomic E-state index is 0.106. The molecular formula is C20H23ClN6O2S. The fraction of sp³-hybridized carbons (Fsp3) is 0.300. The van der Waals surface area contributed by atoms with Gasteiger partial charge in [0.1, 0.15) is 17.5 Å². The van der Waals surface area contributed by atoms with Crippen LogP contribution in [-0.2, 0) is 0 Å². The molecule has 3 rings (SSSR count). The molecule has 0 amide bonds. The Balaban J connectivity index is 1.69. The third-order valence-corrected chi connectivity index (χ3v) is 5.37. The second-order valence-corrected chi connectivity index (χ2v) is 7.94. The zero-order chi connectivity index (χ0) is 21.5. The number of hydrogen-bond acceptors (Lipinski definition) is 9. The molecular weight excluding hydrogens is 424 g/mol. The first-order valence-electron chi connectivity index (χ1n) is 9.41. The Morgan fingerprint density at radius 3 is 2.73 bits per heavy atom. The minimum Gasteiger partial charge on any atom is -0.395 e. The lowest BCUT2D eigenvalue weighted by molar-refractivity contribution is 0.104. The van der Waals surface area contributed by atoms with Crippen LogP contribution in [0.1, 0.15) is 26.6 Å². The molecule has 30 heavy (non-hydrogen) atoms. The van der Waals surface area contributed by atoms with Gasteiger partial charge in [-0.2, -0.15) is 0 Å². The van der Waals surface area contributed by atoms with Gasteiger partial charge in [0.2, 0.25) is 5.78 Å². The van der Waals surface area contributed by atoms with Crippen molar-refractivity contribution in [2.75, 3.05) is 36.9 Å². The second kappa shape index (κ2) is 10.4. The zero-order valence-corrected chi connectivity index (χ0v) is 18.3. The number of aryl methyl sites for hydroxylation is 2. The number of aliphatic hydroxyl groups excluding tert-OH is 1. The summed E-state index contributed by atoms with van der Waals surface area (Å²) in [6, 6.07) is 7.16. The quantitative estimate of drug-likeness (QED) is 0.277. The van der Waals surface area contributed by atoms with Gasteiger partial charge in [0.15, 0.2) is 5.13 Å². The molecule has 0 aliphatic heterocycles. The fourth-order valence-electron chi connectivity index (χ4n) is 2.79. The summed E-state index contributed by atoms with van der Waals surface area (Å²) in [6.07, 6.45) is 1.54. The summed E-state index contributed by atoms with van der Waals surface area (Å²) in [7, 11) is 0. The lowest BCUT2D eigenvalue weighted by Crippen LogP contribution is -2.25. The van der Waals surface area contributed by atoms with Crippen LogP contribution in [-0.4, -0.2) is 52.1 Å². The number of anilines is 3. The van der Waals surface area contributed by atoms with Crippen LogP contribution in [0.15, 0.2) is 30.5 Å². The number of thiazole rings is 1. The highest BCUT2D eigenvalue weighted by atomic mass is 35.5. The highest BCUT2D eigenvalue weighted by Gasteiger charge is 2.18. The van der Waals surface area contributed by atoms with Crippen molar-refractivity contribution in [3.8, 4) is 0 Å². The molecule has 4 N–H and O–H groups in total. The van der Waals surface area contributed by atoms with Gasteiger partial charge < -0.3 is 21.1 Å². The summed E-state index contributed by atoms with van der Waals surface area (Å²) >= 11 is 7.46. The number of carbonyl (C=O) groups is 1. The van der Waals surface area contributed by atoms with E-state index < -0.39 is 0 Å². The third kappa shape index (κ3) is 5.73. The Hall–Kier alpha value is -2.59. The molecule has 2 aromatic heterocycles. The van der Waals surface area contributed by atoms with Gasteiger partial charge in [0.05, 0.1) is 22.7 Å². The van der Waals surface area contributed by atoms with Crippen LogP contribution in [0.2, 0.25) is 5.02 Å². The average Bonchev–Trinajstić information content (AvgIpc) is 3.15. The van der Waals surface area contributed by atoms with Crippen LogP contribution in [0.3, 0.4) is 0 Å². The van der Waals surface area contributed by atoms with Crippen molar-refractivity contribution in [2.45, 2.75) is 13.8 Å². The van der Waals surface area contributed by atoms with Crippen LogP contribution in [0.25, 0.3) is 0 Å². The molecule has 0 saturated heterocycles. The van der Waals surface area contributed by atoms with Gasteiger partial charge in [-0.05, 0) is 25.5 Å². The number of carbonyl (C=O) groups excluding carboxylic acids is 1. The lowest BCUT2D eigenvalue weighted by Gasteiger charge is -2.09. The minimum atomic E-state index is -0.153. The Kier molecular flexibility index (Phi) is 7.69. The molecule has 2 heterocycles. The SMILES string of the molecule is Cc1nc(NCCNCCO)cc(Nc2ncc(C(=O)c3c(C)cccc3Cl)s2)n1. The molecule has 10 heteroatoms. The van der Waals surface area contributed by atoms with Gasteiger partial charge in [0.25, 0.3) is 0 Å². The van der Waals surface area contributed by atoms with Crippen LogP contribution in [0.4, 0.5) is 16.8 Å². The van der Waals surface area contributed by atoms with E-state index in [0.717, 1.165) is 5.56 Å². The maximum Gasteiger partial charge on any atom is 0.206 e. The Labute approximate surface area is 183 Å². The van der Waals surface area contributed by atoms with E-state index in [9.17, 15) is 4.79 Å². The number of benzene rings is 1. The zero-order valence-electron chi connectivity index (χ0n) is 16.7. The summed E-state index contributed by atoms with van der Waals surface area (Å²) in [6.45, 7) is 5.67. The van der Waals surface area contributed by atoms with Crippen molar-refractivity contribution in [3.05, 3.63) is 57.3 Å². The summed E-state index contributed by atoms with van der Waals surface area (Å²) in [5, 5.41) is 19.2. The van der Waals surface area contributed by atoms with Crippen molar-refractivity contribution < 1.29 is 9.90 Å². The van der Waals surface area contributed by atoms with Gasteiger partial charge in [-0.3, -0.25) is 4.79 Å². The van der Waals surface area contributed by atoms with E-state index in [1.807, 2.05) is 19.1 Å². The first-order valence-corrected chi connectivity index (χ1v) is 10.6. The van der Waals surface area contributed by atoms with Crippen LogP contribution < -0.4 is 16.0 Å². The molecule has 158 valence electrons. The van der Waals surface area contributed by atoms with E-state index >= 15 is 0 Å². The van der Waals surface area contributed by atoms with E-state index in [0.29, 0.717) is 57.7 Å². The standard InChI is InChI=1S/C20H23ClN6O2S/c1-12-4-3-5-14(21)18(12)19(29)15-11-24-20(30-15)27-17-10-16(25-13(2)26-17)23-7-6-22-8-9-28/h3-5,10-11,22,28H,6-9H2,1-2H3,(H2,23,24,25,26,27). The molecule has 0 atom stereocenters. The largest absolute Gasteiger partial charge is 0.395 e. The van der Waals surface area contributed by atoms with E-state index in [2.05, 4.69) is 30.9 Å². The third-order valence-electron chi connectivity index (χ3n) is 4.15. The predicted molar refractivity (Wildman–Crippen MR) is 120 cm³/mol. The van der Waals surface area contributed by atoms with Crippen LogP contribution in [0, 0.1) is 13.8 Å². The number of hydrogen-bond donors (Lipinski definition) is 4. The first-order chi connectivity index (χ1) is 14.5. The number of nitrogens with one attached hydrogen (secondary N) is 3. The Bertz CT molecular complexity index is 1010. The highest BCUT2D eigenvalue weighted by molar-refractivity contribution is 7.17. The molecule has 3 aromatic rings. The van der Waals surface area contributed by atoms with E-state index in [1.54, 1.807) is 19.1 Å². The maximum absolute atomic E-state index is 12.9. The molecule has 0 aliphatic rings. The topological polar surface area (TPSA) is 112 Å². The normalized spacial score (nSPS) is 10.8. The van der Waals surface area contributed by atoms with Crippen molar-refractivity contribution in [1.29, 1.82) is 0 Å². The molecule has 0 unspecified atom stereocenters. The van der Waals surface area contributed by atoms with Gasteiger partial charge in [0, 0.05) is 31.3 Å². The molecule has 0 aliphatic carbocycles. The fourth-order valence-corrected chi connectivity index (χ4v) is 3.87. The average molecular weight is 447 g/mol. The lowest BCUT2D eigenvalue weighted by atomic mass is 10.0. The van der Waals surface area contributed by atoms with E-state index in [1.165, 1.54) is 17.5 Å². The first kappa shape index (κ1) is 22.1. The van der Waals surface area contributed by atoms with Gasteiger partial charge >= 0.3 is 0 Å². The highest BCUT2D eigenvalue weighted by Crippen LogP contribution is 2.28.